The molecule has 2 atom stereocenters. The molecule has 2 aliphatic heterocycles. The summed E-state index contributed by atoms with van der Waals surface area (Å²) in [5, 5.41) is 3.30. The molecule has 2 amide bonds. The molecule has 1 aromatic carbocycles. The number of nitrogens with one attached hydrogen (secondary N) is 1. The van der Waals surface area contributed by atoms with Gasteiger partial charge in [-0.1, -0.05) is 45.0 Å². The fourth-order valence-corrected chi connectivity index (χ4v) is 5.47. The summed E-state index contributed by atoms with van der Waals surface area (Å²) in [6, 6.07) is 8.22. The third-order valence-corrected chi connectivity index (χ3v) is 7.56. The van der Waals surface area contributed by atoms with Crippen molar-refractivity contribution in [2.45, 2.75) is 58.4 Å². The largest absolute Gasteiger partial charge is 0.385 e. The lowest BCUT2D eigenvalue weighted by Gasteiger charge is -2.38. The standard InChI is InChI=1S/C30H41N5O4/c1-30(2,3)29-32-16-25(27(33-29)31-11-7-13-39-4)26(37)15-21-14-24(18-34(17-21)20-36)28(38)35-12-10-22-8-5-6-9-23(22)19-35/h5-6,8-9,16,20-21,24H,7,10-15,17-19H2,1-4H3,(H,31,32,33). The molecule has 9 heteroatoms. The number of aromatic nitrogens is 2. The molecule has 2 aliphatic rings. The number of rotatable bonds is 10. The average molecular weight is 536 g/mol. The van der Waals surface area contributed by atoms with Gasteiger partial charge in [-0.15, -0.1) is 0 Å². The Bertz CT molecular complexity index is 1180. The smallest absolute Gasteiger partial charge is 0.227 e. The van der Waals surface area contributed by atoms with Crippen molar-refractivity contribution >= 4 is 23.9 Å². The Hall–Kier alpha value is -3.33. The van der Waals surface area contributed by atoms with Gasteiger partial charge in [0.2, 0.25) is 12.3 Å². The first-order valence-electron chi connectivity index (χ1n) is 13.9. The van der Waals surface area contributed by atoms with Crippen LogP contribution in [-0.2, 0) is 32.7 Å². The quantitative estimate of drug-likeness (QED) is 0.282. The first-order chi connectivity index (χ1) is 18.7. The Labute approximate surface area is 231 Å². The fourth-order valence-electron chi connectivity index (χ4n) is 5.47. The molecule has 9 nitrogen and oxygen atoms in total. The molecule has 2 unspecified atom stereocenters. The topological polar surface area (TPSA) is 105 Å². The van der Waals surface area contributed by atoms with Crippen LogP contribution in [0.15, 0.2) is 30.5 Å². The van der Waals surface area contributed by atoms with Crippen molar-refractivity contribution in [2.75, 3.05) is 45.2 Å². The minimum Gasteiger partial charge on any atom is -0.385 e. The van der Waals surface area contributed by atoms with Crippen LogP contribution in [0.2, 0.25) is 0 Å². The molecule has 2 aromatic rings. The summed E-state index contributed by atoms with van der Waals surface area (Å²) in [7, 11) is 1.66. The number of carbonyl (C=O) groups is 3. The molecule has 0 radical (unpaired) electrons. The predicted molar refractivity (Wildman–Crippen MR) is 149 cm³/mol. The molecule has 210 valence electrons. The number of benzene rings is 1. The van der Waals surface area contributed by atoms with Gasteiger partial charge < -0.3 is 19.9 Å². The average Bonchev–Trinajstić information content (AvgIpc) is 2.93. The Morgan fingerprint density at radius 2 is 1.95 bits per heavy atom. The van der Waals surface area contributed by atoms with Crippen molar-refractivity contribution in [3.05, 3.63) is 53.0 Å². The van der Waals surface area contributed by atoms with Crippen LogP contribution < -0.4 is 5.32 Å². The molecule has 39 heavy (non-hydrogen) atoms. The summed E-state index contributed by atoms with van der Waals surface area (Å²) in [5.41, 5.74) is 2.64. The van der Waals surface area contributed by atoms with Gasteiger partial charge in [0.15, 0.2) is 5.78 Å². The zero-order valence-electron chi connectivity index (χ0n) is 23.6. The summed E-state index contributed by atoms with van der Waals surface area (Å²) in [6.45, 7) is 9.44. The first kappa shape index (κ1) is 28.7. The number of hydrogen-bond donors (Lipinski definition) is 1. The van der Waals surface area contributed by atoms with E-state index in [2.05, 4.69) is 22.4 Å². The number of anilines is 1. The number of hydrogen-bond acceptors (Lipinski definition) is 7. The molecule has 1 saturated heterocycles. The van der Waals surface area contributed by atoms with Gasteiger partial charge in [0.1, 0.15) is 11.6 Å². The zero-order valence-corrected chi connectivity index (χ0v) is 23.6. The van der Waals surface area contributed by atoms with Gasteiger partial charge in [0.05, 0.1) is 11.5 Å². The molecule has 0 bridgehead atoms. The third-order valence-electron chi connectivity index (χ3n) is 7.56. The minimum absolute atomic E-state index is 0.0619. The van der Waals surface area contributed by atoms with Crippen LogP contribution in [-0.4, -0.2) is 77.8 Å². The van der Waals surface area contributed by atoms with Gasteiger partial charge in [0, 0.05) is 64.5 Å². The number of ketones is 1. The van der Waals surface area contributed by atoms with Gasteiger partial charge in [-0.3, -0.25) is 14.4 Å². The number of methoxy groups -OCH3 is 1. The number of fused-ring (bicyclic) bond motifs is 1. The van der Waals surface area contributed by atoms with E-state index in [1.807, 2.05) is 37.8 Å². The second-order valence-electron chi connectivity index (χ2n) is 11.7. The lowest BCUT2D eigenvalue weighted by molar-refractivity contribution is -0.140. The number of carbonyl (C=O) groups excluding carboxylic acids is 3. The van der Waals surface area contributed by atoms with E-state index in [0.29, 0.717) is 63.0 Å². The van der Waals surface area contributed by atoms with Crippen LogP contribution in [0, 0.1) is 11.8 Å². The second-order valence-corrected chi connectivity index (χ2v) is 11.7. The van der Waals surface area contributed by atoms with E-state index in [9.17, 15) is 14.4 Å². The summed E-state index contributed by atoms with van der Waals surface area (Å²) < 4.78 is 5.14. The summed E-state index contributed by atoms with van der Waals surface area (Å²) in [5.74, 6) is 0.724. The van der Waals surface area contributed by atoms with Crippen LogP contribution in [0.4, 0.5) is 5.82 Å². The van der Waals surface area contributed by atoms with E-state index < -0.39 is 0 Å². The van der Waals surface area contributed by atoms with E-state index >= 15 is 0 Å². The molecule has 3 heterocycles. The van der Waals surface area contributed by atoms with E-state index in [0.717, 1.165) is 19.3 Å². The molecule has 1 N–H and O–H groups in total. The lowest BCUT2D eigenvalue weighted by Crippen LogP contribution is -2.48. The number of nitrogens with zero attached hydrogens (tertiary/aromatic N) is 4. The monoisotopic (exact) mass is 535 g/mol. The van der Waals surface area contributed by atoms with Crippen LogP contribution in [0.25, 0.3) is 0 Å². The molecular weight excluding hydrogens is 494 g/mol. The molecule has 0 aliphatic carbocycles. The van der Waals surface area contributed by atoms with Gasteiger partial charge >= 0.3 is 0 Å². The van der Waals surface area contributed by atoms with Crippen LogP contribution in [0.1, 0.15) is 67.3 Å². The van der Waals surface area contributed by atoms with E-state index in [4.69, 9.17) is 9.72 Å². The Morgan fingerprint density at radius 1 is 1.18 bits per heavy atom. The highest BCUT2D eigenvalue weighted by molar-refractivity contribution is 6.00. The van der Waals surface area contributed by atoms with E-state index in [1.165, 1.54) is 11.1 Å². The second kappa shape index (κ2) is 12.7. The maximum absolute atomic E-state index is 13.5. The molecular formula is C30H41N5O4. The van der Waals surface area contributed by atoms with Crippen molar-refractivity contribution in [1.82, 2.24) is 19.8 Å². The number of amides is 2. The van der Waals surface area contributed by atoms with Gasteiger partial charge in [0.25, 0.3) is 0 Å². The normalized spacial score (nSPS) is 19.4. The van der Waals surface area contributed by atoms with Crippen LogP contribution >= 0.6 is 0 Å². The first-order valence-corrected chi connectivity index (χ1v) is 13.9. The third kappa shape index (κ3) is 7.20. The fraction of sp³-hybridized carbons (Fsp3) is 0.567. The molecule has 1 aromatic heterocycles. The summed E-state index contributed by atoms with van der Waals surface area (Å²) in [4.78, 5) is 51.6. The number of likely N-dealkylation sites (tertiary alicyclic amines) is 1. The Balaban J connectivity index is 1.47. The van der Waals surface area contributed by atoms with Crippen molar-refractivity contribution in [1.29, 1.82) is 0 Å². The van der Waals surface area contributed by atoms with Crippen molar-refractivity contribution in [3.8, 4) is 0 Å². The van der Waals surface area contributed by atoms with Crippen molar-refractivity contribution in [2.24, 2.45) is 11.8 Å². The highest BCUT2D eigenvalue weighted by Crippen LogP contribution is 2.30. The lowest BCUT2D eigenvalue weighted by atomic mass is 9.84. The highest BCUT2D eigenvalue weighted by atomic mass is 16.5. The Morgan fingerprint density at radius 3 is 2.67 bits per heavy atom. The van der Waals surface area contributed by atoms with Crippen LogP contribution in [0.3, 0.4) is 0 Å². The van der Waals surface area contributed by atoms with Crippen molar-refractivity contribution < 1.29 is 19.1 Å². The Kier molecular flexibility index (Phi) is 9.32. The number of ether oxygens (including phenoxy) is 1. The maximum Gasteiger partial charge on any atom is 0.227 e. The SMILES string of the molecule is COCCCNc1nc(C(C)(C)C)ncc1C(=O)CC1CC(C(=O)N2CCc3ccccc3C2)CN(C=O)C1. The number of piperidine rings is 1. The predicted octanol–water partition coefficient (Wildman–Crippen LogP) is 3.47. The molecule has 4 rings (SSSR count). The highest BCUT2D eigenvalue weighted by Gasteiger charge is 2.36. The van der Waals surface area contributed by atoms with Gasteiger partial charge in [-0.05, 0) is 36.3 Å². The van der Waals surface area contributed by atoms with Gasteiger partial charge in [-0.25, -0.2) is 9.97 Å². The minimum atomic E-state index is -0.321. The maximum atomic E-state index is 13.5. The molecule has 1 fully saturated rings. The molecule has 0 saturated carbocycles. The number of Topliss-reactive ketones (excluding diaryl/α,β-unsaturated/α-hetero) is 1. The van der Waals surface area contributed by atoms with Crippen LogP contribution in [0.5, 0.6) is 0 Å². The zero-order chi connectivity index (χ0) is 28.0. The van der Waals surface area contributed by atoms with E-state index in [-0.39, 0.29) is 35.4 Å². The summed E-state index contributed by atoms with van der Waals surface area (Å²) >= 11 is 0. The van der Waals surface area contributed by atoms with Crippen molar-refractivity contribution in [3.63, 3.8) is 0 Å². The van der Waals surface area contributed by atoms with Gasteiger partial charge in [-0.2, -0.15) is 0 Å². The summed E-state index contributed by atoms with van der Waals surface area (Å²) in [6.07, 6.45) is 4.82. The van der Waals surface area contributed by atoms with E-state index in [1.54, 1.807) is 18.2 Å². The molecule has 0 spiro atoms.